The molecule has 0 nitrogen and oxygen atoms in total. The van der Waals surface area contributed by atoms with Crippen molar-refractivity contribution in [1.82, 2.24) is 0 Å². The van der Waals surface area contributed by atoms with E-state index in [1.54, 1.807) is 0 Å². The first-order valence-electron chi connectivity index (χ1n) is 5.52. The van der Waals surface area contributed by atoms with Crippen molar-refractivity contribution in [2.45, 2.75) is 18.7 Å². The molecule has 1 radical (unpaired) electrons. The Kier molecular flexibility index (Phi) is 3.63. The number of hydrogen-bond donors (Lipinski definition) is 0. The molecule has 0 aliphatic carbocycles. The molecule has 1 atom stereocenters. The lowest BCUT2D eigenvalue weighted by Gasteiger charge is -2.13. The Balaban J connectivity index is 2.49. The summed E-state index contributed by atoms with van der Waals surface area (Å²) >= 11 is 6.33. The van der Waals surface area contributed by atoms with E-state index in [9.17, 15) is 0 Å². The average Bonchev–Trinajstić information content (AvgIpc) is 2.39. The van der Waals surface area contributed by atoms with Crippen LogP contribution in [0.4, 0.5) is 0 Å². The van der Waals surface area contributed by atoms with Gasteiger partial charge in [0, 0.05) is 0 Å². The zero-order valence-corrected chi connectivity index (χ0v) is 10.0. The summed E-state index contributed by atoms with van der Waals surface area (Å²) in [4.78, 5) is 0. The molecule has 0 aliphatic heterocycles. The standard InChI is InChI=1S/C15H14Cl/c1-2-15(16)14-11-7-6-10-13(14)12-8-4-3-5-9-12/h3-6,8-11,15H,2H2,1H3. The maximum Gasteiger partial charge on any atom is 0.0588 e. The van der Waals surface area contributed by atoms with Crippen LogP contribution in [0.2, 0.25) is 0 Å². The SMILES string of the molecule is CCC(Cl)c1c[c]ccc1-c1ccccc1. The second-order valence-corrected chi connectivity index (χ2v) is 4.28. The molecule has 0 N–H and O–H groups in total. The minimum atomic E-state index is 0.0626. The molecule has 0 saturated heterocycles. The number of halogens is 1. The van der Waals surface area contributed by atoms with Gasteiger partial charge in [0.1, 0.15) is 0 Å². The van der Waals surface area contributed by atoms with Crippen LogP contribution in [0.1, 0.15) is 24.3 Å². The Hall–Kier alpha value is -1.27. The fraction of sp³-hybridized carbons (Fsp3) is 0.200. The predicted octanol–water partition coefficient (Wildman–Crippen LogP) is 4.84. The van der Waals surface area contributed by atoms with E-state index in [0.29, 0.717) is 0 Å². The summed E-state index contributed by atoms with van der Waals surface area (Å²) in [7, 11) is 0. The molecule has 0 aromatic heterocycles. The summed E-state index contributed by atoms with van der Waals surface area (Å²) in [5.74, 6) is 0. The largest absolute Gasteiger partial charge is 0.118 e. The average molecular weight is 230 g/mol. The van der Waals surface area contributed by atoms with Gasteiger partial charge in [0.05, 0.1) is 5.38 Å². The second-order valence-electron chi connectivity index (χ2n) is 3.76. The molecule has 2 rings (SSSR count). The van der Waals surface area contributed by atoms with Crippen molar-refractivity contribution in [3.05, 3.63) is 60.2 Å². The smallest absolute Gasteiger partial charge is 0.0588 e. The van der Waals surface area contributed by atoms with E-state index < -0.39 is 0 Å². The molecule has 1 unspecified atom stereocenters. The molecule has 0 amide bonds. The Labute approximate surface area is 102 Å². The molecule has 81 valence electrons. The van der Waals surface area contributed by atoms with Gasteiger partial charge >= 0.3 is 0 Å². The van der Waals surface area contributed by atoms with Crippen LogP contribution in [0.5, 0.6) is 0 Å². The molecule has 2 aromatic carbocycles. The summed E-state index contributed by atoms with van der Waals surface area (Å²) in [6.45, 7) is 2.10. The van der Waals surface area contributed by atoms with Crippen LogP contribution in [0, 0.1) is 6.07 Å². The minimum Gasteiger partial charge on any atom is -0.118 e. The van der Waals surface area contributed by atoms with Gasteiger partial charge in [-0.1, -0.05) is 49.4 Å². The maximum absolute atomic E-state index is 6.33. The molecule has 0 spiro atoms. The third-order valence-electron chi connectivity index (χ3n) is 2.68. The van der Waals surface area contributed by atoms with Crippen LogP contribution in [0.3, 0.4) is 0 Å². The third kappa shape index (κ3) is 2.28. The van der Waals surface area contributed by atoms with Gasteiger partial charge in [0.25, 0.3) is 0 Å². The lowest BCUT2D eigenvalue weighted by molar-refractivity contribution is 0.885. The highest BCUT2D eigenvalue weighted by Crippen LogP contribution is 2.32. The first kappa shape index (κ1) is 11.2. The van der Waals surface area contributed by atoms with E-state index in [4.69, 9.17) is 11.6 Å². The lowest BCUT2D eigenvalue weighted by atomic mass is 9.97. The van der Waals surface area contributed by atoms with Crippen molar-refractivity contribution in [2.75, 3.05) is 0 Å². The van der Waals surface area contributed by atoms with E-state index >= 15 is 0 Å². The van der Waals surface area contributed by atoms with Gasteiger partial charge in [0.2, 0.25) is 0 Å². The van der Waals surface area contributed by atoms with E-state index in [1.165, 1.54) is 11.1 Å². The minimum absolute atomic E-state index is 0.0626. The Morgan fingerprint density at radius 1 is 1.19 bits per heavy atom. The van der Waals surface area contributed by atoms with Crippen LogP contribution in [-0.2, 0) is 0 Å². The van der Waals surface area contributed by atoms with Crippen LogP contribution in [0.25, 0.3) is 11.1 Å². The summed E-state index contributed by atoms with van der Waals surface area (Å²) in [5.41, 5.74) is 3.59. The molecule has 0 heterocycles. The van der Waals surface area contributed by atoms with Crippen molar-refractivity contribution in [3.8, 4) is 11.1 Å². The zero-order chi connectivity index (χ0) is 11.4. The highest BCUT2D eigenvalue weighted by Gasteiger charge is 2.10. The van der Waals surface area contributed by atoms with Gasteiger partial charge in [0.15, 0.2) is 0 Å². The first-order chi connectivity index (χ1) is 7.83. The number of rotatable bonds is 3. The molecule has 2 aromatic rings. The monoisotopic (exact) mass is 229 g/mol. The normalized spacial score (nSPS) is 12.4. The maximum atomic E-state index is 6.33. The predicted molar refractivity (Wildman–Crippen MR) is 69.6 cm³/mol. The highest BCUT2D eigenvalue weighted by atomic mass is 35.5. The summed E-state index contributed by atoms with van der Waals surface area (Å²) in [5, 5.41) is 0.0626. The molecule has 1 heteroatoms. The van der Waals surface area contributed by atoms with Crippen molar-refractivity contribution in [3.63, 3.8) is 0 Å². The van der Waals surface area contributed by atoms with Crippen LogP contribution in [0.15, 0.2) is 48.5 Å². The Morgan fingerprint density at radius 3 is 2.62 bits per heavy atom. The van der Waals surface area contributed by atoms with E-state index in [2.05, 4.69) is 31.2 Å². The van der Waals surface area contributed by atoms with E-state index in [0.717, 1.165) is 12.0 Å². The number of hydrogen-bond acceptors (Lipinski definition) is 0. The fourth-order valence-electron chi connectivity index (χ4n) is 1.80. The molecular weight excluding hydrogens is 216 g/mol. The Morgan fingerprint density at radius 2 is 1.94 bits per heavy atom. The number of alkyl halides is 1. The summed E-state index contributed by atoms with van der Waals surface area (Å²) in [6, 6.07) is 19.4. The molecule has 0 saturated carbocycles. The van der Waals surface area contributed by atoms with Gasteiger partial charge in [-0.15, -0.1) is 11.6 Å². The quantitative estimate of drug-likeness (QED) is 0.661. The van der Waals surface area contributed by atoms with Crippen molar-refractivity contribution >= 4 is 11.6 Å². The highest BCUT2D eigenvalue weighted by molar-refractivity contribution is 6.21. The van der Waals surface area contributed by atoms with Gasteiger partial charge in [-0.3, -0.25) is 0 Å². The van der Waals surface area contributed by atoms with Gasteiger partial charge in [-0.05, 0) is 35.2 Å². The van der Waals surface area contributed by atoms with Crippen molar-refractivity contribution in [2.24, 2.45) is 0 Å². The van der Waals surface area contributed by atoms with Gasteiger partial charge < -0.3 is 0 Å². The first-order valence-corrected chi connectivity index (χ1v) is 5.96. The summed E-state index contributed by atoms with van der Waals surface area (Å²) in [6.07, 6.45) is 0.930. The summed E-state index contributed by atoms with van der Waals surface area (Å²) < 4.78 is 0. The van der Waals surface area contributed by atoms with Crippen molar-refractivity contribution in [1.29, 1.82) is 0 Å². The van der Waals surface area contributed by atoms with Crippen LogP contribution >= 0.6 is 11.6 Å². The molecule has 0 fully saturated rings. The third-order valence-corrected chi connectivity index (χ3v) is 3.22. The zero-order valence-electron chi connectivity index (χ0n) is 9.28. The second kappa shape index (κ2) is 5.18. The molecular formula is C15H14Cl. The van der Waals surface area contributed by atoms with E-state index in [-0.39, 0.29) is 5.38 Å². The topological polar surface area (TPSA) is 0 Å². The van der Waals surface area contributed by atoms with Crippen LogP contribution < -0.4 is 0 Å². The van der Waals surface area contributed by atoms with E-state index in [1.807, 2.05) is 30.3 Å². The fourth-order valence-corrected chi connectivity index (χ4v) is 1.98. The molecule has 16 heavy (non-hydrogen) atoms. The molecule has 0 bridgehead atoms. The number of benzene rings is 2. The Bertz CT molecular complexity index is 448. The van der Waals surface area contributed by atoms with Gasteiger partial charge in [-0.25, -0.2) is 0 Å². The van der Waals surface area contributed by atoms with Gasteiger partial charge in [-0.2, -0.15) is 0 Å². The molecule has 0 aliphatic rings. The van der Waals surface area contributed by atoms with Crippen molar-refractivity contribution < 1.29 is 0 Å². The lowest BCUT2D eigenvalue weighted by Crippen LogP contribution is -1.92. The van der Waals surface area contributed by atoms with Crippen LogP contribution in [-0.4, -0.2) is 0 Å².